The second-order valence-electron chi connectivity index (χ2n) is 5.15. The van der Waals surface area contributed by atoms with Crippen LogP contribution in [0.15, 0.2) is 54.6 Å². The van der Waals surface area contributed by atoms with Crippen LogP contribution in [0.1, 0.15) is 24.5 Å². The highest BCUT2D eigenvalue weighted by molar-refractivity contribution is 5.90. The predicted molar refractivity (Wildman–Crippen MR) is 87.3 cm³/mol. The van der Waals surface area contributed by atoms with Gasteiger partial charge in [-0.05, 0) is 30.5 Å². The van der Waals surface area contributed by atoms with E-state index >= 15 is 0 Å². The van der Waals surface area contributed by atoms with Crippen LogP contribution in [0.3, 0.4) is 0 Å². The second kappa shape index (κ2) is 7.48. The number of rotatable bonds is 5. The molecule has 0 bridgehead atoms. The summed E-state index contributed by atoms with van der Waals surface area (Å²) in [5.74, 6) is 0. The van der Waals surface area contributed by atoms with E-state index in [1.54, 1.807) is 0 Å². The fourth-order valence-electron chi connectivity index (χ4n) is 2.23. The lowest BCUT2D eigenvalue weighted by Gasteiger charge is -2.23. The molecule has 21 heavy (non-hydrogen) atoms. The smallest absolute Gasteiger partial charge is 0.320 e. The Labute approximate surface area is 126 Å². The number of anilines is 1. The lowest BCUT2D eigenvalue weighted by atomic mass is 10.2. The minimum absolute atomic E-state index is 0.0463. The van der Waals surface area contributed by atoms with Crippen LogP contribution < -0.4 is 5.32 Å². The third kappa shape index (κ3) is 4.35. The molecule has 0 aromatic heterocycles. The second-order valence-corrected chi connectivity index (χ2v) is 5.15. The number of carbonyl (C=O) groups excluding carboxylic acids is 1. The highest BCUT2D eigenvalue weighted by Crippen LogP contribution is 2.15. The topological polar surface area (TPSA) is 32.3 Å². The van der Waals surface area contributed by atoms with Crippen LogP contribution in [-0.2, 0) is 6.54 Å². The Morgan fingerprint density at radius 3 is 2.38 bits per heavy atom. The number of carbonyl (C=O) groups is 1. The zero-order valence-corrected chi connectivity index (χ0v) is 12.7. The number of para-hydroxylation sites is 1. The molecule has 0 saturated heterocycles. The molecule has 2 aromatic carbocycles. The largest absolute Gasteiger partial charge is 0.322 e. The van der Waals surface area contributed by atoms with Gasteiger partial charge in [0.1, 0.15) is 0 Å². The van der Waals surface area contributed by atoms with Crippen LogP contribution in [0, 0.1) is 6.92 Å². The molecule has 0 radical (unpaired) electrons. The monoisotopic (exact) mass is 282 g/mol. The van der Waals surface area contributed by atoms with Gasteiger partial charge in [0.05, 0.1) is 0 Å². The molecular formula is C18H22N2O. The summed E-state index contributed by atoms with van der Waals surface area (Å²) >= 11 is 0. The van der Waals surface area contributed by atoms with Crippen LogP contribution in [0.25, 0.3) is 0 Å². The first-order chi connectivity index (χ1) is 10.2. The van der Waals surface area contributed by atoms with Crippen molar-refractivity contribution in [2.45, 2.75) is 26.8 Å². The van der Waals surface area contributed by atoms with Gasteiger partial charge in [-0.25, -0.2) is 4.79 Å². The third-order valence-electron chi connectivity index (χ3n) is 3.38. The number of benzene rings is 2. The van der Waals surface area contributed by atoms with Crippen molar-refractivity contribution < 1.29 is 4.79 Å². The predicted octanol–water partition coefficient (Wildman–Crippen LogP) is 4.44. The quantitative estimate of drug-likeness (QED) is 0.864. The molecule has 2 rings (SSSR count). The summed E-state index contributed by atoms with van der Waals surface area (Å²) in [6, 6.07) is 17.9. The first-order valence-corrected chi connectivity index (χ1v) is 7.36. The van der Waals surface area contributed by atoms with E-state index < -0.39 is 0 Å². The molecular weight excluding hydrogens is 260 g/mol. The molecule has 0 atom stereocenters. The van der Waals surface area contributed by atoms with Crippen LogP contribution in [0.5, 0.6) is 0 Å². The normalized spacial score (nSPS) is 10.2. The molecule has 0 saturated carbocycles. The SMILES string of the molecule is CCCN(Cc1ccccc1)C(=O)Nc1ccccc1C. The van der Waals surface area contributed by atoms with Crippen molar-refractivity contribution in [1.29, 1.82) is 0 Å². The zero-order valence-electron chi connectivity index (χ0n) is 12.7. The third-order valence-corrected chi connectivity index (χ3v) is 3.38. The van der Waals surface area contributed by atoms with E-state index in [9.17, 15) is 4.79 Å². The fraction of sp³-hybridized carbons (Fsp3) is 0.278. The molecule has 110 valence electrons. The maximum absolute atomic E-state index is 12.5. The molecule has 2 aromatic rings. The average Bonchev–Trinajstić information content (AvgIpc) is 2.50. The molecule has 0 heterocycles. The van der Waals surface area contributed by atoms with Gasteiger partial charge in [-0.1, -0.05) is 55.5 Å². The van der Waals surface area contributed by atoms with E-state index in [2.05, 4.69) is 12.2 Å². The number of urea groups is 1. The van der Waals surface area contributed by atoms with E-state index in [4.69, 9.17) is 0 Å². The molecule has 0 unspecified atom stereocenters. The lowest BCUT2D eigenvalue weighted by molar-refractivity contribution is 0.209. The van der Waals surface area contributed by atoms with E-state index in [1.807, 2.05) is 66.4 Å². The van der Waals surface area contributed by atoms with Crippen LogP contribution in [-0.4, -0.2) is 17.5 Å². The van der Waals surface area contributed by atoms with Gasteiger partial charge in [-0.3, -0.25) is 0 Å². The van der Waals surface area contributed by atoms with Crippen molar-refractivity contribution in [1.82, 2.24) is 4.90 Å². The molecule has 0 spiro atoms. The van der Waals surface area contributed by atoms with Gasteiger partial charge in [-0.2, -0.15) is 0 Å². The van der Waals surface area contributed by atoms with Crippen molar-refractivity contribution in [3.8, 4) is 0 Å². The Balaban J connectivity index is 2.07. The number of aryl methyl sites for hydroxylation is 1. The highest BCUT2D eigenvalue weighted by atomic mass is 16.2. The molecule has 0 fully saturated rings. The van der Waals surface area contributed by atoms with Gasteiger partial charge >= 0.3 is 6.03 Å². The maximum atomic E-state index is 12.5. The number of hydrogen-bond donors (Lipinski definition) is 1. The van der Waals surface area contributed by atoms with Crippen molar-refractivity contribution in [3.63, 3.8) is 0 Å². The summed E-state index contributed by atoms with van der Waals surface area (Å²) in [7, 11) is 0. The van der Waals surface area contributed by atoms with Gasteiger partial charge in [-0.15, -0.1) is 0 Å². The summed E-state index contributed by atoms with van der Waals surface area (Å²) in [6.45, 7) is 5.45. The number of amides is 2. The maximum Gasteiger partial charge on any atom is 0.322 e. The van der Waals surface area contributed by atoms with Crippen LogP contribution >= 0.6 is 0 Å². The molecule has 0 aliphatic heterocycles. The first-order valence-electron chi connectivity index (χ1n) is 7.36. The van der Waals surface area contributed by atoms with Crippen molar-refractivity contribution >= 4 is 11.7 Å². The van der Waals surface area contributed by atoms with E-state index in [0.717, 1.165) is 29.8 Å². The molecule has 3 nitrogen and oxygen atoms in total. The number of hydrogen-bond acceptors (Lipinski definition) is 1. The van der Waals surface area contributed by atoms with Crippen LogP contribution in [0.2, 0.25) is 0 Å². The van der Waals surface area contributed by atoms with Crippen molar-refractivity contribution in [3.05, 3.63) is 65.7 Å². The Hall–Kier alpha value is -2.29. The van der Waals surface area contributed by atoms with Crippen LogP contribution in [0.4, 0.5) is 10.5 Å². The minimum atomic E-state index is -0.0463. The molecule has 1 N–H and O–H groups in total. The Morgan fingerprint density at radius 2 is 1.71 bits per heavy atom. The van der Waals surface area contributed by atoms with E-state index in [0.29, 0.717) is 6.54 Å². The Morgan fingerprint density at radius 1 is 1.05 bits per heavy atom. The average molecular weight is 282 g/mol. The Kier molecular flexibility index (Phi) is 5.38. The minimum Gasteiger partial charge on any atom is -0.320 e. The summed E-state index contributed by atoms with van der Waals surface area (Å²) in [5.41, 5.74) is 3.09. The highest BCUT2D eigenvalue weighted by Gasteiger charge is 2.13. The van der Waals surface area contributed by atoms with Gasteiger partial charge in [0.15, 0.2) is 0 Å². The number of nitrogens with zero attached hydrogens (tertiary/aromatic N) is 1. The molecule has 0 aliphatic carbocycles. The number of nitrogens with one attached hydrogen (secondary N) is 1. The van der Waals surface area contributed by atoms with E-state index in [-0.39, 0.29) is 6.03 Å². The summed E-state index contributed by atoms with van der Waals surface area (Å²) < 4.78 is 0. The molecule has 2 amide bonds. The molecule has 3 heteroatoms. The summed E-state index contributed by atoms with van der Waals surface area (Å²) in [6.07, 6.45) is 0.939. The lowest BCUT2D eigenvalue weighted by Crippen LogP contribution is -2.35. The Bertz CT molecular complexity index is 581. The summed E-state index contributed by atoms with van der Waals surface area (Å²) in [4.78, 5) is 14.3. The summed E-state index contributed by atoms with van der Waals surface area (Å²) in [5, 5.41) is 3.00. The van der Waals surface area contributed by atoms with Crippen molar-refractivity contribution in [2.75, 3.05) is 11.9 Å². The first kappa shape index (κ1) is 15.1. The van der Waals surface area contributed by atoms with Gasteiger partial charge in [0.2, 0.25) is 0 Å². The van der Waals surface area contributed by atoms with Gasteiger partial charge in [0.25, 0.3) is 0 Å². The van der Waals surface area contributed by atoms with E-state index in [1.165, 1.54) is 0 Å². The van der Waals surface area contributed by atoms with Gasteiger partial charge in [0, 0.05) is 18.8 Å². The fourth-order valence-corrected chi connectivity index (χ4v) is 2.23. The zero-order chi connectivity index (χ0) is 15.1. The molecule has 0 aliphatic rings. The van der Waals surface area contributed by atoms with Gasteiger partial charge < -0.3 is 10.2 Å². The standard InChI is InChI=1S/C18H22N2O/c1-3-13-20(14-16-10-5-4-6-11-16)18(21)19-17-12-8-7-9-15(17)2/h4-12H,3,13-14H2,1-2H3,(H,19,21). The van der Waals surface area contributed by atoms with Crippen molar-refractivity contribution in [2.24, 2.45) is 0 Å².